The molecule has 2 aromatic rings. The Morgan fingerprint density at radius 1 is 1.32 bits per heavy atom. The largest absolute Gasteiger partial charge is 0.352 e. The van der Waals surface area contributed by atoms with E-state index in [-0.39, 0.29) is 16.5 Å². The van der Waals surface area contributed by atoms with Crippen LogP contribution in [-0.2, 0) is 6.42 Å². The zero-order chi connectivity index (χ0) is 13.7. The molecule has 0 saturated heterocycles. The van der Waals surface area contributed by atoms with E-state index in [1.165, 1.54) is 12.1 Å². The maximum absolute atomic E-state index is 12.9. The number of pyridine rings is 1. The van der Waals surface area contributed by atoms with Gasteiger partial charge in [0.05, 0.1) is 10.6 Å². The average Bonchev–Trinajstić information content (AvgIpc) is 2.39. The number of halogens is 2. The Kier molecular flexibility index (Phi) is 4.47. The number of amides is 1. The van der Waals surface area contributed by atoms with E-state index in [1.807, 2.05) is 18.2 Å². The van der Waals surface area contributed by atoms with Gasteiger partial charge >= 0.3 is 0 Å². The normalized spacial score (nSPS) is 10.2. The van der Waals surface area contributed by atoms with Gasteiger partial charge in [-0.15, -0.1) is 0 Å². The van der Waals surface area contributed by atoms with E-state index >= 15 is 0 Å². The molecule has 0 aliphatic carbocycles. The van der Waals surface area contributed by atoms with Crippen LogP contribution in [0.5, 0.6) is 0 Å². The minimum atomic E-state index is -0.463. The van der Waals surface area contributed by atoms with Gasteiger partial charge < -0.3 is 5.32 Å². The molecule has 0 saturated carbocycles. The molecule has 5 heteroatoms. The molecule has 98 valence electrons. The lowest BCUT2D eigenvalue weighted by atomic mass is 10.2. The first-order valence-electron chi connectivity index (χ1n) is 5.80. The lowest BCUT2D eigenvalue weighted by Crippen LogP contribution is -2.26. The number of hydrogen-bond donors (Lipinski definition) is 1. The number of aromatic nitrogens is 1. The van der Waals surface area contributed by atoms with Crippen LogP contribution in [0.1, 0.15) is 16.1 Å². The van der Waals surface area contributed by atoms with E-state index in [2.05, 4.69) is 10.3 Å². The predicted octanol–water partition coefficient (Wildman–Crippen LogP) is 2.85. The molecule has 1 amide bonds. The van der Waals surface area contributed by atoms with Crippen molar-refractivity contribution in [1.82, 2.24) is 10.3 Å². The Bertz CT molecular complexity index is 575. The molecule has 0 unspecified atom stereocenters. The van der Waals surface area contributed by atoms with Crippen LogP contribution < -0.4 is 5.32 Å². The van der Waals surface area contributed by atoms with Crippen molar-refractivity contribution in [3.05, 3.63) is 64.7 Å². The van der Waals surface area contributed by atoms with Crippen molar-refractivity contribution in [2.75, 3.05) is 6.54 Å². The first kappa shape index (κ1) is 13.5. The maximum Gasteiger partial charge on any atom is 0.252 e. The van der Waals surface area contributed by atoms with E-state index in [4.69, 9.17) is 11.6 Å². The molecular weight excluding hydrogens is 267 g/mol. The highest BCUT2D eigenvalue weighted by Crippen LogP contribution is 2.16. The molecule has 1 aromatic heterocycles. The summed E-state index contributed by atoms with van der Waals surface area (Å²) in [5.41, 5.74) is 1.16. The second kappa shape index (κ2) is 6.29. The first-order valence-corrected chi connectivity index (χ1v) is 6.18. The van der Waals surface area contributed by atoms with Gasteiger partial charge in [0.2, 0.25) is 0 Å². The number of rotatable bonds is 4. The predicted molar refractivity (Wildman–Crippen MR) is 71.7 cm³/mol. The van der Waals surface area contributed by atoms with Gasteiger partial charge in [0.15, 0.2) is 0 Å². The fourth-order valence-corrected chi connectivity index (χ4v) is 1.87. The summed E-state index contributed by atoms with van der Waals surface area (Å²) in [6, 6.07) is 9.31. The van der Waals surface area contributed by atoms with Gasteiger partial charge in [0.1, 0.15) is 5.82 Å². The number of carbonyl (C=O) groups excluding carboxylic acids is 1. The SMILES string of the molecule is O=C(NCCc1ccccn1)c1ccc(F)cc1Cl. The lowest BCUT2D eigenvalue weighted by Gasteiger charge is -2.06. The summed E-state index contributed by atoms with van der Waals surface area (Å²) in [6.07, 6.45) is 2.33. The summed E-state index contributed by atoms with van der Waals surface area (Å²) in [4.78, 5) is 16.0. The molecule has 0 fully saturated rings. The third kappa shape index (κ3) is 3.76. The molecule has 3 nitrogen and oxygen atoms in total. The van der Waals surface area contributed by atoms with E-state index in [0.29, 0.717) is 13.0 Å². The van der Waals surface area contributed by atoms with Crippen LogP contribution in [0.15, 0.2) is 42.6 Å². The number of nitrogens with one attached hydrogen (secondary N) is 1. The minimum Gasteiger partial charge on any atom is -0.352 e. The second-order valence-electron chi connectivity index (χ2n) is 3.95. The van der Waals surface area contributed by atoms with Gasteiger partial charge in [-0.1, -0.05) is 17.7 Å². The Hall–Kier alpha value is -1.94. The summed E-state index contributed by atoms with van der Waals surface area (Å²) in [5, 5.41) is 2.83. The van der Waals surface area contributed by atoms with Gasteiger partial charge in [-0.3, -0.25) is 9.78 Å². The van der Waals surface area contributed by atoms with Crippen LogP contribution in [0, 0.1) is 5.82 Å². The van der Waals surface area contributed by atoms with Gasteiger partial charge in [-0.2, -0.15) is 0 Å². The molecule has 0 radical (unpaired) electrons. The second-order valence-corrected chi connectivity index (χ2v) is 4.36. The standard InChI is InChI=1S/C14H12ClFN2O/c15-13-9-10(16)4-5-12(13)14(19)18-8-6-11-3-1-2-7-17-11/h1-5,7,9H,6,8H2,(H,18,19). The van der Waals surface area contributed by atoms with Gasteiger partial charge in [0.25, 0.3) is 5.91 Å². The molecule has 0 atom stereocenters. The summed E-state index contributed by atoms with van der Waals surface area (Å²) in [6.45, 7) is 0.448. The van der Waals surface area contributed by atoms with Crippen molar-refractivity contribution < 1.29 is 9.18 Å². The summed E-state index contributed by atoms with van der Waals surface area (Å²) >= 11 is 5.81. The van der Waals surface area contributed by atoms with Crippen molar-refractivity contribution >= 4 is 17.5 Å². The first-order chi connectivity index (χ1) is 9.16. The van der Waals surface area contributed by atoms with E-state index in [1.54, 1.807) is 6.20 Å². The third-order valence-electron chi connectivity index (χ3n) is 2.57. The number of hydrogen-bond acceptors (Lipinski definition) is 2. The summed E-state index contributed by atoms with van der Waals surface area (Å²) < 4.78 is 12.9. The lowest BCUT2D eigenvalue weighted by molar-refractivity contribution is 0.0954. The Labute approximate surface area is 115 Å². The van der Waals surface area contributed by atoms with Crippen LogP contribution >= 0.6 is 11.6 Å². The van der Waals surface area contributed by atoms with Crippen LogP contribution in [0.4, 0.5) is 4.39 Å². The van der Waals surface area contributed by atoms with Gasteiger partial charge in [-0.05, 0) is 30.3 Å². The maximum atomic E-state index is 12.9. The Balaban J connectivity index is 1.91. The Morgan fingerprint density at radius 2 is 2.16 bits per heavy atom. The molecule has 1 N–H and O–H groups in total. The molecule has 0 aliphatic heterocycles. The molecule has 1 heterocycles. The molecule has 1 aromatic carbocycles. The molecule has 19 heavy (non-hydrogen) atoms. The molecule has 0 aliphatic rings. The third-order valence-corrected chi connectivity index (χ3v) is 2.88. The zero-order valence-electron chi connectivity index (χ0n) is 10.1. The fourth-order valence-electron chi connectivity index (χ4n) is 1.62. The minimum absolute atomic E-state index is 0.107. The van der Waals surface area contributed by atoms with Crippen molar-refractivity contribution in [3.63, 3.8) is 0 Å². The van der Waals surface area contributed by atoms with E-state index < -0.39 is 5.82 Å². The van der Waals surface area contributed by atoms with Crippen LogP contribution in [-0.4, -0.2) is 17.4 Å². The quantitative estimate of drug-likeness (QED) is 0.934. The zero-order valence-corrected chi connectivity index (χ0v) is 10.8. The summed E-state index contributed by atoms with van der Waals surface area (Å²) in [7, 11) is 0. The Morgan fingerprint density at radius 3 is 2.84 bits per heavy atom. The van der Waals surface area contributed by atoms with Crippen LogP contribution in [0.3, 0.4) is 0 Å². The van der Waals surface area contributed by atoms with Crippen LogP contribution in [0.25, 0.3) is 0 Å². The number of carbonyl (C=O) groups is 1. The van der Waals surface area contributed by atoms with E-state index in [0.717, 1.165) is 11.8 Å². The topological polar surface area (TPSA) is 42.0 Å². The summed E-state index contributed by atoms with van der Waals surface area (Å²) in [5.74, 6) is -0.782. The molecule has 0 bridgehead atoms. The molecule has 2 rings (SSSR count). The van der Waals surface area contributed by atoms with Crippen molar-refractivity contribution in [1.29, 1.82) is 0 Å². The van der Waals surface area contributed by atoms with Gasteiger partial charge in [-0.25, -0.2) is 4.39 Å². The smallest absolute Gasteiger partial charge is 0.252 e. The monoisotopic (exact) mass is 278 g/mol. The van der Waals surface area contributed by atoms with Crippen molar-refractivity contribution in [2.24, 2.45) is 0 Å². The number of nitrogens with zero attached hydrogens (tertiary/aromatic N) is 1. The average molecular weight is 279 g/mol. The van der Waals surface area contributed by atoms with Gasteiger partial charge in [0, 0.05) is 24.9 Å². The molecular formula is C14H12ClFN2O. The fraction of sp³-hybridized carbons (Fsp3) is 0.143. The highest BCUT2D eigenvalue weighted by Gasteiger charge is 2.10. The van der Waals surface area contributed by atoms with Crippen molar-refractivity contribution in [2.45, 2.75) is 6.42 Å². The highest BCUT2D eigenvalue weighted by molar-refractivity contribution is 6.33. The highest BCUT2D eigenvalue weighted by atomic mass is 35.5. The molecule has 0 spiro atoms. The number of benzene rings is 1. The van der Waals surface area contributed by atoms with E-state index in [9.17, 15) is 9.18 Å². The van der Waals surface area contributed by atoms with Crippen molar-refractivity contribution in [3.8, 4) is 0 Å². The van der Waals surface area contributed by atoms with Crippen LogP contribution in [0.2, 0.25) is 5.02 Å².